The van der Waals surface area contributed by atoms with Crippen molar-refractivity contribution in [2.45, 2.75) is 19.6 Å². The van der Waals surface area contributed by atoms with Crippen LogP contribution in [-0.4, -0.2) is 0 Å². The highest BCUT2D eigenvalue weighted by molar-refractivity contribution is 6.30. The van der Waals surface area contributed by atoms with Crippen LogP contribution in [0.4, 0.5) is 4.39 Å². The van der Waals surface area contributed by atoms with E-state index in [1.54, 1.807) is 31.2 Å². The number of hydrogen-bond donors (Lipinski definition) is 1. The van der Waals surface area contributed by atoms with Gasteiger partial charge in [-0.3, -0.25) is 0 Å². The fourth-order valence-electron chi connectivity index (χ4n) is 1.82. The van der Waals surface area contributed by atoms with E-state index in [4.69, 9.17) is 22.1 Å². The van der Waals surface area contributed by atoms with E-state index >= 15 is 0 Å². The van der Waals surface area contributed by atoms with E-state index in [1.165, 1.54) is 6.07 Å². The lowest BCUT2D eigenvalue weighted by molar-refractivity contribution is 0.285. The number of nitrogens with two attached hydrogens (primary N) is 1. The van der Waals surface area contributed by atoms with Gasteiger partial charge < -0.3 is 10.5 Å². The van der Waals surface area contributed by atoms with Crippen molar-refractivity contribution in [2.75, 3.05) is 0 Å². The molecule has 0 heterocycles. The van der Waals surface area contributed by atoms with Gasteiger partial charge in [-0.25, -0.2) is 4.39 Å². The van der Waals surface area contributed by atoms with Crippen molar-refractivity contribution < 1.29 is 9.13 Å². The monoisotopic (exact) mass is 279 g/mol. The molecule has 0 saturated heterocycles. The molecule has 4 heteroatoms. The second-order valence-corrected chi connectivity index (χ2v) is 4.80. The van der Waals surface area contributed by atoms with Crippen molar-refractivity contribution in [3.8, 4) is 5.75 Å². The number of halogens is 2. The molecular weight excluding hydrogens is 265 g/mol. The van der Waals surface area contributed by atoms with Gasteiger partial charge in [0.25, 0.3) is 0 Å². The molecule has 0 aliphatic rings. The van der Waals surface area contributed by atoms with E-state index in [1.807, 2.05) is 12.1 Å². The quantitative estimate of drug-likeness (QED) is 0.915. The summed E-state index contributed by atoms with van der Waals surface area (Å²) in [4.78, 5) is 0. The van der Waals surface area contributed by atoms with Crippen molar-refractivity contribution in [3.63, 3.8) is 0 Å². The van der Waals surface area contributed by atoms with E-state index in [2.05, 4.69) is 0 Å². The lowest BCUT2D eigenvalue weighted by atomic mass is 10.1. The predicted octanol–water partition coefficient (Wildman–Crippen LogP) is 4.08. The third-order valence-electron chi connectivity index (χ3n) is 2.76. The fraction of sp³-hybridized carbons (Fsp3) is 0.200. The molecule has 0 unspecified atom stereocenters. The van der Waals surface area contributed by atoms with Gasteiger partial charge in [0.05, 0.1) is 0 Å². The Morgan fingerprint density at radius 3 is 2.68 bits per heavy atom. The highest BCUT2D eigenvalue weighted by atomic mass is 35.5. The smallest absolute Gasteiger partial charge is 0.165 e. The first-order valence-corrected chi connectivity index (χ1v) is 6.37. The van der Waals surface area contributed by atoms with Crippen molar-refractivity contribution in [3.05, 3.63) is 64.4 Å². The van der Waals surface area contributed by atoms with Crippen LogP contribution in [0.3, 0.4) is 0 Å². The van der Waals surface area contributed by atoms with Crippen LogP contribution in [0.15, 0.2) is 42.5 Å². The minimum Gasteiger partial charge on any atom is -0.485 e. The molecule has 0 spiro atoms. The van der Waals surface area contributed by atoms with E-state index in [0.717, 1.165) is 5.56 Å². The second-order valence-electron chi connectivity index (χ2n) is 4.37. The number of rotatable bonds is 4. The zero-order chi connectivity index (χ0) is 13.8. The summed E-state index contributed by atoms with van der Waals surface area (Å²) in [6, 6.07) is 11.7. The highest BCUT2D eigenvalue weighted by Gasteiger charge is 2.13. The van der Waals surface area contributed by atoms with Gasteiger partial charge in [0.15, 0.2) is 11.6 Å². The van der Waals surface area contributed by atoms with Crippen LogP contribution in [0.25, 0.3) is 0 Å². The molecule has 2 aromatic carbocycles. The van der Waals surface area contributed by atoms with Crippen molar-refractivity contribution >= 4 is 11.6 Å². The van der Waals surface area contributed by atoms with Gasteiger partial charge in [0.1, 0.15) is 6.61 Å². The van der Waals surface area contributed by atoms with Gasteiger partial charge >= 0.3 is 0 Å². The Morgan fingerprint density at radius 1 is 1.26 bits per heavy atom. The van der Waals surface area contributed by atoms with Crippen LogP contribution in [0.2, 0.25) is 5.02 Å². The predicted molar refractivity (Wildman–Crippen MR) is 74.8 cm³/mol. The zero-order valence-electron chi connectivity index (χ0n) is 10.6. The van der Waals surface area contributed by atoms with Gasteiger partial charge in [-0.05, 0) is 30.7 Å². The molecule has 0 fully saturated rings. The number of para-hydroxylation sites is 1. The van der Waals surface area contributed by atoms with Crippen LogP contribution >= 0.6 is 11.6 Å². The molecule has 0 aliphatic heterocycles. The second kappa shape index (κ2) is 6.04. The van der Waals surface area contributed by atoms with Crippen molar-refractivity contribution in [1.82, 2.24) is 0 Å². The molecule has 1 atom stereocenters. The third-order valence-corrected chi connectivity index (χ3v) is 3.00. The SMILES string of the molecule is C[C@H](N)c1cccc(F)c1OCc1cccc(Cl)c1. The van der Waals surface area contributed by atoms with Crippen molar-refractivity contribution in [1.29, 1.82) is 0 Å². The Balaban J connectivity index is 2.19. The number of ether oxygens (including phenoxy) is 1. The van der Waals surface area contributed by atoms with Crippen LogP contribution in [0.5, 0.6) is 5.75 Å². The largest absolute Gasteiger partial charge is 0.485 e. The van der Waals surface area contributed by atoms with Gasteiger partial charge in [-0.2, -0.15) is 0 Å². The molecule has 0 aliphatic carbocycles. The molecule has 19 heavy (non-hydrogen) atoms. The maximum atomic E-state index is 13.8. The van der Waals surface area contributed by atoms with Crippen LogP contribution in [0, 0.1) is 5.82 Å². The summed E-state index contributed by atoms with van der Waals surface area (Å²) < 4.78 is 19.3. The zero-order valence-corrected chi connectivity index (χ0v) is 11.3. The normalized spacial score (nSPS) is 12.2. The van der Waals surface area contributed by atoms with Crippen LogP contribution in [-0.2, 0) is 6.61 Å². The average molecular weight is 280 g/mol. The first kappa shape index (κ1) is 13.8. The molecule has 0 bridgehead atoms. The van der Waals surface area contributed by atoms with Crippen LogP contribution in [0.1, 0.15) is 24.1 Å². The Hall–Kier alpha value is -1.58. The fourth-order valence-corrected chi connectivity index (χ4v) is 2.03. The van der Waals surface area contributed by atoms with E-state index in [9.17, 15) is 4.39 Å². The van der Waals surface area contributed by atoms with E-state index < -0.39 is 5.82 Å². The summed E-state index contributed by atoms with van der Waals surface area (Å²) >= 11 is 5.89. The summed E-state index contributed by atoms with van der Waals surface area (Å²) in [7, 11) is 0. The minimum absolute atomic E-state index is 0.206. The highest BCUT2D eigenvalue weighted by Crippen LogP contribution is 2.28. The Kier molecular flexibility index (Phi) is 4.40. The first-order chi connectivity index (χ1) is 9.08. The summed E-state index contributed by atoms with van der Waals surface area (Å²) in [6.45, 7) is 2.04. The van der Waals surface area contributed by atoms with Gasteiger partial charge in [0, 0.05) is 16.6 Å². The van der Waals surface area contributed by atoms with Gasteiger partial charge in [-0.1, -0.05) is 35.9 Å². The number of benzene rings is 2. The third kappa shape index (κ3) is 3.46. The molecular formula is C15H15ClFNO. The molecule has 0 aromatic heterocycles. The molecule has 100 valence electrons. The minimum atomic E-state index is -0.406. The lowest BCUT2D eigenvalue weighted by Crippen LogP contribution is -2.09. The van der Waals surface area contributed by atoms with Crippen molar-refractivity contribution in [2.24, 2.45) is 5.73 Å². The molecule has 2 nitrogen and oxygen atoms in total. The maximum absolute atomic E-state index is 13.8. The summed E-state index contributed by atoms with van der Waals surface area (Å²) in [5, 5.41) is 0.627. The van der Waals surface area contributed by atoms with Crippen LogP contribution < -0.4 is 10.5 Å². The standard InChI is InChI=1S/C15H15ClFNO/c1-10(18)13-6-3-7-14(17)15(13)19-9-11-4-2-5-12(16)8-11/h2-8,10H,9,18H2,1H3/t10-/m0/s1. The van der Waals surface area contributed by atoms with E-state index in [0.29, 0.717) is 10.6 Å². The number of hydrogen-bond acceptors (Lipinski definition) is 2. The molecule has 0 saturated carbocycles. The molecule has 2 N–H and O–H groups in total. The molecule has 2 rings (SSSR count). The molecule has 0 radical (unpaired) electrons. The Bertz CT molecular complexity index is 572. The summed E-state index contributed by atoms with van der Waals surface area (Å²) in [5.74, 6) is -0.200. The summed E-state index contributed by atoms with van der Waals surface area (Å²) in [6.07, 6.45) is 0. The maximum Gasteiger partial charge on any atom is 0.165 e. The Morgan fingerprint density at radius 2 is 2.00 bits per heavy atom. The van der Waals surface area contributed by atoms with Gasteiger partial charge in [-0.15, -0.1) is 0 Å². The van der Waals surface area contributed by atoms with Gasteiger partial charge in [0.2, 0.25) is 0 Å². The lowest BCUT2D eigenvalue weighted by Gasteiger charge is -2.14. The summed E-state index contributed by atoms with van der Waals surface area (Å²) in [5.41, 5.74) is 7.34. The van der Waals surface area contributed by atoms with E-state index in [-0.39, 0.29) is 18.4 Å². The topological polar surface area (TPSA) is 35.2 Å². The Labute approximate surface area is 117 Å². The molecule has 0 amide bonds. The average Bonchev–Trinajstić information content (AvgIpc) is 2.37. The molecule has 2 aromatic rings. The first-order valence-electron chi connectivity index (χ1n) is 5.99.